The lowest BCUT2D eigenvalue weighted by atomic mass is 9.95. The summed E-state index contributed by atoms with van der Waals surface area (Å²) in [5.74, 6) is 1.59. The average molecular weight is 422 g/mol. The summed E-state index contributed by atoms with van der Waals surface area (Å²) in [5, 5.41) is 14.1. The van der Waals surface area contributed by atoms with Crippen LogP contribution in [0.15, 0.2) is 29.1 Å². The number of aromatic amines is 1. The maximum atomic E-state index is 13.3. The van der Waals surface area contributed by atoms with Gasteiger partial charge in [0.2, 0.25) is 5.82 Å². The van der Waals surface area contributed by atoms with Crippen LogP contribution in [-0.4, -0.2) is 38.3 Å². The van der Waals surface area contributed by atoms with Gasteiger partial charge < -0.3 is 9.88 Å². The van der Waals surface area contributed by atoms with Crippen molar-refractivity contribution < 1.29 is 4.90 Å². The van der Waals surface area contributed by atoms with Gasteiger partial charge in [-0.3, -0.25) is 4.79 Å². The minimum atomic E-state index is -0.137. The van der Waals surface area contributed by atoms with E-state index in [1.54, 1.807) is 0 Å². The zero-order valence-corrected chi connectivity index (χ0v) is 18.6. The Morgan fingerprint density at radius 2 is 1.94 bits per heavy atom. The van der Waals surface area contributed by atoms with Crippen LogP contribution in [0.5, 0.6) is 0 Å². The van der Waals surface area contributed by atoms with Crippen LogP contribution >= 0.6 is 0 Å². The van der Waals surface area contributed by atoms with Crippen molar-refractivity contribution in [2.75, 3.05) is 13.1 Å². The van der Waals surface area contributed by atoms with Crippen molar-refractivity contribution in [1.82, 2.24) is 25.2 Å². The fourth-order valence-corrected chi connectivity index (χ4v) is 5.47. The number of nitrogens with one attached hydrogen (secondary N) is 2. The first-order chi connectivity index (χ1) is 15.1. The minimum absolute atomic E-state index is 0.0196. The van der Waals surface area contributed by atoms with Crippen molar-refractivity contribution in [3.8, 4) is 0 Å². The third kappa shape index (κ3) is 3.91. The topological polar surface area (TPSA) is 80.9 Å². The molecule has 1 aliphatic carbocycles. The Morgan fingerprint density at radius 1 is 1.16 bits per heavy atom. The molecule has 2 aliphatic rings. The van der Waals surface area contributed by atoms with Crippen LogP contribution in [-0.2, 0) is 6.42 Å². The highest BCUT2D eigenvalue weighted by Gasteiger charge is 2.37. The second-order valence-corrected chi connectivity index (χ2v) is 9.52. The molecule has 0 amide bonds. The van der Waals surface area contributed by atoms with E-state index in [0.29, 0.717) is 6.04 Å². The van der Waals surface area contributed by atoms with E-state index in [4.69, 9.17) is 0 Å². The molecule has 3 aromatic rings. The lowest BCUT2D eigenvalue weighted by Gasteiger charge is -2.33. The molecule has 7 nitrogen and oxygen atoms in total. The van der Waals surface area contributed by atoms with E-state index in [-0.39, 0.29) is 11.6 Å². The van der Waals surface area contributed by atoms with Gasteiger partial charge in [0.1, 0.15) is 0 Å². The van der Waals surface area contributed by atoms with Gasteiger partial charge in [0.15, 0.2) is 6.04 Å². The van der Waals surface area contributed by atoms with E-state index >= 15 is 0 Å². The molecule has 7 heteroatoms. The Bertz CT molecular complexity index is 1100. The summed E-state index contributed by atoms with van der Waals surface area (Å²) in [6.07, 6.45) is 7.99. The quantitative estimate of drug-likeness (QED) is 0.664. The predicted molar refractivity (Wildman–Crippen MR) is 120 cm³/mol. The van der Waals surface area contributed by atoms with E-state index in [9.17, 15) is 4.79 Å². The molecule has 0 unspecified atom stereocenters. The second kappa shape index (κ2) is 8.54. The van der Waals surface area contributed by atoms with E-state index in [2.05, 4.69) is 52.6 Å². The Balaban J connectivity index is 1.63. The number of likely N-dealkylation sites (tertiary alicyclic amines) is 1. The average Bonchev–Trinajstić information content (AvgIpc) is 3.47. The van der Waals surface area contributed by atoms with Crippen molar-refractivity contribution in [3.05, 3.63) is 51.6 Å². The van der Waals surface area contributed by atoms with Crippen molar-refractivity contribution in [2.24, 2.45) is 5.92 Å². The lowest BCUT2D eigenvalue weighted by Crippen LogP contribution is -3.13. The number of pyridine rings is 1. The highest BCUT2D eigenvalue weighted by Crippen LogP contribution is 2.31. The van der Waals surface area contributed by atoms with E-state index in [1.807, 2.05) is 10.7 Å². The molecule has 1 atom stereocenters. The molecule has 1 saturated carbocycles. The van der Waals surface area contributed by atoms with Crippen LogP contribution in [0.25, 0.3) is 10.9 Å². The van der Waals surface area contributed by atoms with Gasteiger partial charge in [-0.1, -0.05) is 32.8 Å². The van der Waals surface area contributed by atoms with Gasteiger partial charge in [0.25, 0.3) is 5.56 Å². The first-order valence-corrected chi connectivity index (χ1v) is 11.9. The summed E-state index contributed by atoms with van der Waals surface area (Å²) in [4.78, 5) is 17.9. The number of rotatable bonds is 5. The smallest absolute Gasteiger partial charge is 0.258 e. The summed E-state index contributed by atoms with van der Waals surface area (Å²) in [6, 6.07) is 8.61. The first-order valence-electron chi connectivity index (χ1n) is 11.9. The summed E-state index contributed by atoms with van der Waals surface area (Å²) in [5.41, 5.74) is 2.94. The number of benzene rings is 1. The molecule has 1 saturated heterocycles. The van der Waals surface area contributed by atoms with Crippen LogP contribution in [0.3, 0.4) is 0 Å². The Kier molecular flexibility index (Phi) is 5.61. The molecule has 0 radical (unpaired) electrons. The predicted octanol–water partition coefficient (Wildman–Crippen LogP) is 2.60. The maximum Gasteiger partial charge on any atom is 0.258 e. The molecular weight excluding hydrogens is 388 g/mol. The molecule has 0 bridgehead atoms. The van der Waals surface area contributed by atoms with Crippen LogP contribution < -0.4 is 10.5 Å². The van der Waals surface area contributed by atoms with Gasteiger partial charge in [-0.25, -0.2) is 4.68 Å². The molecule has 1 aliphatic heterocycles. The highest BCUT2D eigenvalue weighted by atomic mass is 16.1. The Hall–Kier alpha value is -2.54. The van der Waals surface area contributed by atoms with Gasteiger partial charge in [0, 0.05) is 5.52 Å². The Morgan fingerprint density at radius 3 is 2.68 bits per heavy atom. The zero-order valence-electron chi connectivity index (χ0n) is 18.6. The molecular formula is C24H33N6O+. The molecule has 0 spiro atoms. The number of H-pyrrole nitrogens is 1. The molecule has 2 fully saturated rings. The van der Waals surface area contributed by atoms with Crippen molar-refractivity contribution in [1.29, 1.82) is 0 Å². The third-order valence-electron chi connectivity index (χ3n) is 7.43. The van der Waals surface area contributed by atoms with Gasteiger partial charge in [-0.2, -0.15) is 0 Å². The van der Waals surface area contributed by atoms with Crippen LogP contribution in [0.4, 0.5) is 0 Å². The van der Waals surface area contributed by atoms with Crippen molar-refractivity contribution in [2.45, 2.75) is 70.9 Å². The van der Waals surface area contributed by atoms with Gasteiger partial charge in [-0.05, 0) is 77.6 Å². The van der Waals surface area contributed by atoms with E-state index < -0.39 is 0 Å². The SMILES string of the molecule is CCc1ccc2[nH]c(=O)c([C@H](c3nnnn3C3CCCC3)[NH+]3CCC(C)CC3)cc2c1. The summed E-state index contributed by atoms with van der Waals surface area (Å²) < 4.78 is 2.04. The van der Waals surface area contributed by atoms with Crippen LogP contribution in [0, 0.1) is 5.92 Å². The summed E-state index contributed by atoms with van der Waals surface area (Å²) in [6.45, 7) is 6.56. The van der Waals surface area contributed by atoms with E-state index in [0.717, 1.165) is 60.6 Å². The number of quaternary nitrogens is 1. The number of tetrazole rings is 1. The van der Waals surface area contributed by atoms with Crippen molar-refractivity contribution in [3.63, 3.8) is 0 Å². The third-order valence-corrected chi connectivity index (χ3v) is 7.43. The standard InChI is InChI=1S/C24H32N6O/c1-3-17-8-9-21-18(14-17)15-20(24(31)25-21)22(29-12-10-16(2)11-13-29)23-26-27-28-30(23)19-6-4-5-7-19/h8-9,14-16,19,22H,3-7,10-13H2,1-2H3,(H,25,31)/p+1/t22-/m1/s1. The molecule has 164 valence electrons. The second-order valence-electron chi connectivity index (χ2n) is 9.52. The molecule has 31 heavy (non-hydrogen) atoms. The molecule has 5 rings (SSSR count). The first kappa shape index (κ1) is 20.4. The maximum absolute atomic E-state index is 13.3. The molecule has 2 N–H and O–H groups in total. The van der Waals surface area contributed by atoms with Crippen molar-refractivity contribution >= 4 is 10.9 Å². The number of hydrogen-bond donors (Lipinski definition) is 2. The number of aromatic nitrogens is 5. The zero-order chi connectivity index (χ0) is 21.4. The number of aryl methyl sites for hydroxylation is 1. The van der Waals surface area contributed by atoms with E-state index in [1.165, 1.54) is 36.1 Å². The summed E-state index contributed by atoms with van der Waals surface area (Å²) in [7, 11) is 0. The molecule has 3 heterocycles. The number of hydrogen-bond acceptors (Lipinski definition) is 4. The molecule has 2 aromatic heterocycles. The van der Waals surface area contributed by atoms with Crippen LogP contribution in [0.1, 0.15) is 81.4 Å². The van der Waals surface area contributed by atoms with Gasteiger partial charge >= 0.3 is 0 Å². The van der Waals surface area contributed by atoms with Gasteiger partial charge in [0.05, 0.1) is 24.7 Å². The fourth-order valence-electron chi connectivity index (χ4n) is 5.47. The number of fused-ring (bicyclic) bond motifs is 1. The highest BCUT2D eigenvalue weighted by molar-refractivity contribution is 5.79. The van der Waals surface area contributed by atoms with Crippen LogP contribution in [0.2, 0.25) is 0 Å². The lowest BCUT2D eigenvalue weighted by molar-refractivity contribution is -0.932. The number of piperidine rings is 1. The molecule has 1 aromatic carbocycles. The van der Waals surface area contributed by atoms with Gasteiger partial charge in [-0.15, -0.1) is 5.10 Å². The number of nitrogens with zero attached hydrogens (tertiary/aromatic N) is 4. The summed E-state index contributed by atoms with van der Waals surface area (Å²) >= 11 is 0. The normalized spacial score (nSPS) is 23.4. The monoisotopic (exact) mass is 421 g/mol. The largest absolute Gasteiger partial charge is 0.322 e. The Labute approximate surface area is 182 Å². The fraction of sp³-hybridized carbons (Fsp3) is 0.583. The minimum Gasteiger partial charge on any atom is -0.322 e.